The van der Waals surface area contributed by atoms with Gasteiger partial charge in [0.05, 0.1) is 6.04 Å². The highest BCUT2D eigenvalue weighted by Crippen LogP contribution is 2.25. The number of fused-ring (bicyclic) bond motifs is 1. The van der Waals surface area contributed by atoms with Crippen molar-refractivity contribution in [1.29, 1.82) is 0 Å². The molecule has 0 spiro atoms. The molecule has 1 N–H and O–H groups in total. The maximum Gasteiger partial charge on any atom is 0.221 e. The van der Waals surface area contributed by atoms with Gasteiger partial charge >= 0.3 is 0 Å². The van der Waals surface area contributed by atoms with E-state index in [4.69, 9.17) is 4.74 Å². The van der Waals surface area contributed by atoms with Crippen molar-refractivity contribution in [1.82, 2.24) is 20.1 Å². The van der Waals surface area contributed by atoms with Gasteiger partial charge in [0.2, 0.25) is 5.91 Å². The smallest absolute Gasteiger partial charge is 0.221 e. The quantitative estimate of drug-likeness (QED) is 0.741. The SMILES string of the molecule is C[C@@H]1CN(CCC(=O)NC[C@@H](c2cccnc2)N2CCCCC2)Cc2ccccc2O1. The van der Waals surface area contributed by atoms with E-state index in [9.17, 15) is 4.79 Å². The molecule has 31 heavy (non-hydrogen) atoms. The second-order valence-electron chi connectivity index (χ2n) is 8.72. The van der Waals surface area contributed by atoms with Crippen LogP contribution in [0.4, 0.5) is 0 Å². The second-order valence-corrected chi connectivity index (χ2v) is 8.72. The van der Waals surface area contributed by atoms with Crippen LogP contribution in [0, 0.1) is 0 Å². The number of hydrogen-bond acceptors (Lipinski definition) is 5. The van der Waals surface area contributed by atoms with Gasteiger partial charge in [0.1, 0.15) is 11.9 Å². The van der Waals surface area contributed by atoms with Crippen LogP contribution in [0.1, 0.15) is 49.8 Å². The Morgan fingerprint density at radius 3 is 2.84 bits per heavy atom. The van der Waals surface area contributed by atoms with Gasteiger partial charge < -0.3 is 10.1 Å². The first-order chi connectivity index (χ1) is 15.2. The Kier molecular flexibility index (Phi) is 7.54. The first-order valence-corrected chi connectivity index (χ1v) is 11.6. The summed E-state index contributed by atoms with van der Waals surface area (Å²) < 4.78 is 6.04. The fourth-order valence-electron chi connectivity index (χ4n) is 4.66. The van der Waals surface area contributed by atoms with Crippen molar-refractivity contribution in [2.75, 3.05) is 32.7 Å². The highest BCUT2D eigenvalue weighted by Gasteiger charge is 2.24. The molecular formula is C25H34N4O2. The van der Waals surface area contributed by atoms with Crippen LogP contribution in [-0.2, 0) is 11.3 Å². The number of hydrogen-bond donors (Lipinski definition) is 1. The highest BCUT2D eigenvalue weighted by atomic mass is 16.5. The van der Waals surface area contributed by atoms with Gasteiger partial charge in [-0.3, -0.25) is 19.6 Å². The van der Waals surface area contributed by atoms with Crippen LogP contribution in [0.2, 0.25) is 0 Å². The van der Waals surface area contributed by atoms with Crippen LogP contribution in [-0.4, -0.2) is 59.5 Å². The van der Waals surface area contributed by atoms with Crippen LogP contribution in [0.25, 0.3) is 0 Å². The number of benzene rings is 1. The molecule has 166 valence electrons. The molecule has 2 atom stereocenters. The Balaban J connectivity index is 1.31. The lowest BCUT2D eigenvalue weighted by molar-refractivity contribution is -0.121. The highest BCUT2D eigenvalue weighted by molar-refractivity contribution is 5.76. The third-order valence-corrected chi connectivity index (χ3v) is 6.26. The van der Waals surface area contributed by atoms with Crippen molar-refractivity contribution in [2.45, 2.75) is 51.3 Å². The van der Waals surface area contributed by atoms with Crippen LogP contribution in [0.5, 0.6) is 5.75 Å². The lowest BCUT2D eigenvalue weighted by atomic mass is 10.0. The van der Waals surface area contributed by atoms with E-state index in [0.29, 0.717) is 13.0 Å². The maximum absolute atomic E-state index is 12.7. The van der Waals surface area contributed by atoms with Crippen molar-refractivity contribution < 1.29 is 9.53 Å². The number of ether oxygens (including phenoxy) is 1. The van der Waals surface area contributed by atoms with Gasteiger partial charge in [-0.2, -0.15) is 0 Å². The summed E-state index contributed by atoms with van der Waals surface area (Å²) in [5.74, 6) is 1.07. The molecule has 6 heteroatoms. The van der Waals surface area contributed by atoms with Crippen LogP contribution in [0.3, 0.4) is 0 Å². The number of para-hydroxylation sites is 1. The number of likely N-dealkylation sites (tertiary alicyclic amines) is 1. The summed E-state index contributed by atoms with van der Waals surface area (Å²) in [6, 6.07) is 12.5. The monoisotopic (exact) mass is 422 g/mol. The minimum atomic E-state index is 0.108. The molecule has 3 heterocycles. The van der Waals surface area contributed by atoms with Crippen molar-refractivity contribution in [3.63, 3.8) is 0 Å². The molecule has 0 aliphatic carbocycles. The number of nitrogens with zero attached hydrogens (tertiary/aromatic N) is 3. The number of carbonyl (C=O) groups excluding carboxylic acids is 1. The van der Waals surface area contributed by atoms with Gasteiger partial charge in [-0.15, -0.1) is 0 Å². The zero-order valence-electron chi connectivity index (χ0n) is 18.5. The van der Waals surface area contributed by atoms with Gasteiger partial charge in [0.15, 0.2) is 0 Å². The Hall–Kier alpha value is -2.44. The average Bonchev–Trinajstić information content (AvgIpc) is 2.96. The van der Waals surface area contributed by atoms with Crippen molar-refractivity contribution >= 4 is 5.91 Å². The van der Waals surface area contributed by atoms with Crippen LogP contribution < -0.4 is 10.1 Å². The van der Waals surface area contributed by atoms with E-state index in [0.717, 1.165) is 38.5 Å². The molecule has 1 aromatic carbocycles. The molecule has 2 aliphatic rings. The largest absolute Gasteiger partial charge is 0.489 e. The lowest BCUT2D eigenvalue weighted by Crippen LogP contribution is -2.41. The molecular weight excluding hydrogens is 388 g/mol. The molecule has 1 saturated heterocycles. The topological polar surface area (TPSA) is 57.7 Å². The standard InChI is InChI=1S/C25H34N4O2/c1-20-18-28(19-22-8-3-4-10-24(22)31-20)15-11-25(30)27-17-23(21-9-7-12-26-16-21)29-13-5-2-6-14-29/h3-4,7-10,12,16,20,23H,2,5-6,11,13-15,17-19H2,1H3,(H,27,30)/t20-,23+/m1/s1. The summed E-state index contributed by atoms with van der Waals surface area (Å²) in [5, 5.41) is 3.20. The first-order valence-electron chi connectivity index (χ1n) is 11.6. The predicted molar refractivity (Wildman–Crippen MR) is 122 cm³/mol. The zero-order chi connectivity index (χ0) is 21.5. The number of rotatable bonds is 7. The number of amides is 1. The van der Waals surface area contributed by atoms with E-state index in [1.54, 1.807) is 6.20 Å². The minimum Gasteiger partial charge on any atom is -0.489 e. The minimum absolute atomic E-state index is 0.108. The van der Waals surface area contributed by atoms with Gasteiger partial charge in [0.25, 0.3) is 0 Å². The van der Waals surface area contributed by atoms with Crippen molar-refractivity contribution in [2.24, 2.45) is 0 Å². The Bertz CT molecular complexity index is 838. The summed E-state index contributed by atoms with van der Waals surface area (Å²) in [4.78, 5) is 21.8. The maximum atomic E-state index is 12.7. The number of aromatic nitrogens is 1. The number of carbonyl (C=O) groups is 1. The van der Waals surface area contributed by atoms with Gasteiger partial charge in [-0.1, -0.05) is 30.7 Å². The molecule has 1 amide bonds. The Morgan fingerprint density at radius 2 is 2.03 bits per heavy atom. The molecule has 1 fully saturated rings. The van der Waals surface area contributed by atoms with E-state index < -0.39 is 0 Å². The van der Waals surface area contributed by atoms with E-state index in [-0.39, 0.29) is 18.1 Å². The average molecular weight is 423 g/mol. The first kappa shape index (κ1) is 21.8. The molecule has 1 aromatic heterocycles. The van der Waals surface area contributed by atoms with E-state index in [1.807, 2.05) is 30.5 Å². The summed E-state index contributed by atoms with van der Waals surface area (Å²) in [6.45, 7) is 7.27. The third-order valence-electron chi connectivity index (χ3n) is 6.26. The Morgan fingerprint density at radius 1 is 1.19 bits per heavy atom. The van der Waals surface area contributed by atoms with E-state index in [2.05, 4.69) is 39.2 Å². The van der Waals surface area contributed by atoms with E-state index in [1.165, 1.54) is 30.4 Å². The third kappa shape index (κ3) is 6.05. The Labute approximate surface area is 185 Å². The molecule has 2 aromatic rings. The fraction of sp³-hybridized carbons (Fsp3) is 0.520. The molecule has 0 radical (unpaired) electrons. The summed E-state index contributed by atoms with van der Waals surface area (Å²) in [6.07, 6.45) is 8.09. The van der Waals surface area contributed by atoms with E-state index >= 15 is 0 Å². The fourth-order valence-corrected chi connectivity index (χ4v) is 4.66. The normalized spacial score (nSPS) is 20.9. The van der Waals surface area contributed by atoms with Gasteiger partial charge in [0, 0.05) is 50.6 Å². The summed E-state index contributed by atoms with van der Waals surface area (Å²) in [5.41, 5.74) is 2.37. The van der Waals surface area contributed by atoms with Crippen molar-refractivity contribution in [3.8, 4) is 5.75 Å². The molecule has 4 rings (SSSR count). The molecule has 0 unspecified atom stereocenters. The number of nitrogens with one attached hydrogen (secondary N) is 1. The predicted octanol–water partition coefficient (Wildman–Crippen LogP) is 3.40. The zero-order valence-corrected chi connectivity index (χ0v) is 18.5. The van der Waals surface area contributed by atoms with Crippen molar-refractivity contribution in [3.05, 3.63) is 59.9 Å². The van der Waals surface area contributed by atoms with Gasteiger partial charge in [-0.25, -0.2) is 0 Å². The molecule has 6 nitrogen and oxygen atoms in total. The molecule has 2 aliphatic heterocycles. The number of piperidine rings is 1. The molecule has 0 bridgehead atoms. The van der Waals surface area contributed by atoms with Gasteiger partial charge in [-0.05, 0) is 50.6 Å². The van der Waals surface area contributed by atoms with Crippen LogP contribution in [0.15, 0.2) is 48.8 Å². The van der Waals surface area contributed by atoms with Crippen LogP contribution >= 0.6 is 0 Å². The molecule has 0 saturated carbocycles. The summed E-state index contributed by atoms with van der Waals surface area (Å²) >= 11 is 0. The second kappa shape index (κ2) is 10.7. The summed E-state index contributed by atoms with van der Waals surface area (Å²) in [7, 11) is 0. The lowest BCUT2D eigenvalue weighted by Gasteiger charge is -2.34. The number of pyridine rings is 1.